The molecule has 0 spiro atoms. The van der Waals surface area contributed by atoms with E-state index in [1.807, 2.05) is 18.3 Å². The average Bonchev–Trinajstić information content (AvgIpc) is 2.95. The first-order valence-electron chi connectivity index (χ1n) is 7.61. The SMILES string of the molecule is CC1C(NC(=O)c2cc3ccncc3s2)C2CCN1CC2. The molecule has 3 aliphatic heterocycles. The number of thiophene rings is 1. The first kappa shape index (κ1) is 13.2. The maximum atomic E-state index is 12.6. The van der Waals surface area contributed by atoms with Crippen molar-refractivity contribution in [2.24, 2.45) is 5.92 Å². The highest BCUT2D eigenvalue weighted by atomic mass is 32.1. The molecule has 2 atom stereocenters. The van der Waals surface area contributed by atoms with Gasteiger partial charge in [0.25, 0.3) is 5.91 Å². The summed E-state index contributed by atoms with van der Waals surface area (Å²) < 4.78 is 1.07. The predicted molar refractivity (Wildman–Crippen MR) is 84.6 cm³/mol. The lowest BCUT2D eigenvalue weighted by molar-refractivity contribution is 0.0218. The van der Waals surface area contributed by atoms with Crippen LogP contribution >= 0.6 is 11.3 Å². The van der Waals surface area contributed by atoms with Crippen LogP contribution in [0.1, 0.15) is 29.4 Å². The second-order valence-electron chi connectivity index (χ2n) is 6.14. The van der Waals surface area contributed by atoms with Crippen LogP contribution in [0.2, 0.25) is 0 Å². The molecule has 4 nitrogen and oxygen atoms in total. The van der Waals surface area contributed by atoms with Gasteiger partial charge in [-0.2, -0.15) is 0 Å². The summed E-state index contributed by atoms with van der Waals surface area (Å²) in [4.78, 5) is 20.0. The fraction of sp³-hybridized carbons (Fsp3) is 0.500. The standard InChI is InChI=1S/C16H19N3OS/c1-10-15(11-3-6-19(10)7-4-11)18-16(20)13-8-12-2-5-17-9-14(12)21-13/h2,5,8-11,15H,3-4,6-7H2,1H3,(H,18,20). The average molecular weight is 301 g/mol. The largest absolute Gasteiger partial charge is 0.347 e. The van der Waals surface area contributed by atoms with Crippen molar-refractivity contribution in [2.75, 3.05) is 13.1 Å². The van der Waals surface area contributed by atoms with E-state index in [0.29, 0.717) is 18.0 Å². The van der Waals surface area contributed by atoms with E-state index < -0.39 is 0 Å². The number of carbonyl (C=O) groups excluding carboxylic acids is 1. The Labute approximate surface area is 128 Å². The molecule has 3 aliphatic rings. The first-order valence-corrected chi connectivity index (χ1v) is 8.42. The number of rotatable bonds is 2. The molecule has 2 bridgehead atoms. The Balaban J connectivity index is 1.55. The summed E-state index contributed by atoms with van der Waals surface area (Å²) in [5.74, 6) is 0.715. The van der Waals surface area contributed by atoms with Gasteiger partial charge in [0.1, 0.15) is 0 Å². The van der Waals surface area contributed by atoms with E-state index in [4.69, 9.17) is 0 Å². The molecule has 110 valence electrons. The van der Waals surface area contributed by atoms with Crippen molar-refractivity contribution in [1.82, 2.24) is 15.2 Å². The van der Waals surface area contributed by atoms with Gasteiger partial charge < -0.3 is 5.32 Å². The van der Waals surface area contributed by atoms with Crippen molar-refractivity contribution in [1.29, 1.82) is 0 Å². The topological polar surface area (TPSA) is 45.2 Å². The number of piperidine rings is 3. The minimum atomic E-state index is 0.0711. The monoisotopic (exact) mass is 301 g/mol. The van der Waals surface area contributed by atoms with Crippen molar-refractivity contribution in [2.45, 2.75) is 31.8 Å². The van der Waals surface area contributed by atoms with Gasteiger partial charge in [-0.1, -0.05) is 0 Å². The van der Waals surface area contributed by atoms with E-state index in [9.17, 15) is 4.79 Å². The van der Waals surface area contributed by atoms with Gasteiger partial charge in [0, 0.05) is 24.5 Å². The van der Waals surface area contributed by atoms with Crippen LogP contribution in [-0.2, 0) is 0 Å². The van der Waals surface area contributed by atoms with Crippen LogP contribution in [0.15, 0.2) is 24.5 Å². The third kappa shape index (κ3) is 2.24. The summed E-state index contributed by atoms with van der Waals surface area (Å²) in [6.45, 7) is 4.62. The summed E-state index contributed by atoms with van der Waals surface area (Å²) in [6, 6.07) is 4.68. The van der Waals surface area contributed by atoms with Crippen LogP contribution in [0.4, 0.5) is 0 Å². The van der Waals surface area contributed by atoms with Gasteiger partial charge in [0.2, 0.25) is 0 Å². The molecule has 0 radical (unpaired) electrons. The lowest BCUT2D eigenvalue weighted by atomic mass is 9.79. The molecule has 0 saturated carbocycles. The highest BCUT2D eigenvalue weighted by molar-refractivity contribution is 7.20. The van der Waals surface area contributed by atoms with Crippen LogP contribution in [0.3, 0.4) is 0 Å². The minimum absolute atomic E-state index is 0.0711. The van der Waals surface area contributed by atoms with Crippen LogP contribution in [0.5, 0.6) is 0 Å². The van der Waals surface area contributed by atoms with Gasteiger partial charge in [-0.3, -0.25) is 14.7 Å². The fourth-order valence-electron chi connectivity index (χ4n) is 3.76. The highest BCUT2D eigenvalue weighted by Crippen LogP contribution is 2.32. The maximum absolute atomic E-state index is 12.6. The van der Waals surface area contributed by atoms with Gasteiger partial charge in [-0.25, -0.2) is 0 Å². The van der Waals surface area contributed by atoms with Crippen LogP contribution in [-0.4, -0.2) is 41.0 Å². The number of pyridine rings is 1. The molecule has 5 heteroatoms. The number of fused-ring (bicyclic) bond motifs is 4. The maximum Gasteiger partial charge on any atom is 0.261 e. The lowest BCUT2D eigenvalue weighted by Gasteiger charge is -2.49. The number of hydrogen-bond acceptors (Lipinski definition) is 4. The molecule has 3 saturated heterocycles. The quantitative estimate of drug-likeness (QED) is 0.927. The number of hydrogen-bond donors (Lipinski definition) is 1. The highest BCUT2D eigenvalue weighted by Gasteiger charge is 2.40. The zero-order valence-corrected chi connectivity index (χ0v) is 12.9. The summed E-state index contributed by atoms with van der Waals surface area (Å²) in [7, 11) is 0. The summed E-state index contributed by atoms with van der Waals surface area (Å²) in [5, 5.41) is 4.39. The van der Waals surface area contributed by atoms with Gasteiger partial charge in [-0.15, -0.1) is 11.3 Å². The summed E-state index contributed by atoms with van der Waals surface area (Å²) in [5.41, 5.74) is 0. The van der Waals surface area contributed by atoms with Gasteiger partial charge in [0.05, 0.1) is 9.58 Å². The van der Waals surface area contributed by atoms with Crippen LogP contribution in [0, 0.1) is 5.92 Å². The van der Waals surface area contributed by atoms with E-state index in [1.54, 1.807) is 6.20 Å². The molecule has 21 heavy (non-hydrogen) atoms. The lowest BCUT2D eigenvalue weighted by Crippen LogP contribution is -2.62. The minimum Gasteiger partial charge on any atom is -0.347 e. The second-order valence-corrected chi connectivity index (χ2v) is 7.22. The molecule has 2 aromatic rings. The smallest absolute Gasteiger partial charge is 0.261 e. The van der Waals surface area contributed by atoms with E-state index >= 15 is 0 Å². The molecule has 1 amide bonds. The molecular weight excluding hydrogens is 282 g/mol. The Morgan fingerprint density at radius 2 is 2.24 bits per heavy atom. The molecule has 1 N–H and O–H groups in total. The van der Waals surface area contributed by atoms with Crippen LogP contribution < -0.4 is 5.32 Å². The molecule has 3 fully saturated rings. The van der Waals surface area contributed by atoms with E-state index in [1.165, 1.54) is 37.3 Å². The van der Waals surface area contributed by atoms with Gasteiger partial charge >= 0.3 is 0 Å². The van der Waals surface area contributed by atoms with E-state index in [-0.39, 0.29) is 5.91 Å². The summed E-state index contributed by atoms with van der Waals surface area (Å²) >= 11 is 1.53. The molecular formula is C16H19N3OS. The van der Waals surface area contributed by atoms with Crippen molar-refractivity contribution in [3.8, 4) is 0 Å². The molecule has 5 rings (SSSR count). The molecule has 0 aliphatic carbocycles. The number of nitrogens with one attached hydrogen (secondary N) is 1. The van der Waals surface area contributed by atoms with E-state index in [2.05, 4.69) is 22.1 Å². The Morgan fingerprint density at radius 1 is 1.43 bits per heavy atom. The number of nitrogens with zero attached hydrogens (tertiary/aromatic N) is 2. The van der Waals surface area contributed by atoms with Gasteiger partial charge in [-0.05, 0) is 56.3 Å². The third-order valence-electron chi connectivity index (χ3n) is 5.02. The van der Waals surface area contributed by atoms with Crippen molar-refractivity contribution < 1.29 is 4.79 Å². The second kappa shape index (κ2) is 5.07. The molecule has 2 unspecified atom stereocenters. The Bertz CT molecular complexity index is 640. The van der Waals surface area contributed by atoms with E-state index in [0.717, 1.165) is 15.0 Å². The first-order chi connectivity index (χ1) is 10.2. The summed E-state index contributed by atoms with van der Waals surface area (Å²) in [6.07, 6.45) is 6.02. The molecule has 5 heterocycles. The van der Waals surface area contributed by atoms with Crippen molar-refractivity contribution in [3.05, 3.63) is 29.4 Å². The van der Waals surface area contributed by atoms with Crippen molar-refractivity contribution in [3.63, 3.8) is 0 Å². The molecule has 2 aromatic heterocycles. The number of amides is 1. The third-order valence-corrected chi connectivity index (χ3v) is 6.11. The predicted octanol–water partition coefficient (Wildman–Crippen LogP) is 2.51. The fourth-order valence-corrected chi connectivity index (χ4v) is 4.70. The zero-order chi connectivity index (χ0) is 14.4. The molecule has 0 aromatic carbocycles. The van der Waals surface area contributed by atoms with Crippen molar-refractivity contribution >= 4 is 27.3 Å². The Morgan fingerprint density at radius 3 is 2.95 bits per heavy atom. The number of carbonyl (C=O) groups is 1. The Kier molecular flexibility index (Phi) is 3.19. The van der Waals surface area contributed by atoms with Gasteiger partial charge in [0.15, 0.2) is 0 Å². The van der Waals surface area contributed by atoms with Crippen LogP contribution in [0.25, 0.3) is 10.1 Å². The Hall–Kier alpha value is -1.46. The zero-order valence-electron chi connectivity index (χ0n) is 12.1. The number of aromatic nitrogens is 1. The normalized spacial score (nSPS) is 31.5.